The first-order valence-corrected chi connectivity index (χ1v) is 9.56. The number of aliphatic imine (C=N–C) groups is 1. The van der Waals surface area contributed by atoms with E-state index >= 15 is 0 Å². The summed E-state index contributed by atoms with van der Waals surface area (Å²) in [5, 5.41) is 5.84. The molecule has 1 heterocycles. The van der Waals surface area contributed by atoms with Crippen molar-refractivity contribution in [2.75, 3.05) is 6.54 Å². The van der Waals surface area contributed by atoms with Crippen molar-refractivity contribution in [2.24, 2.45) is 16.6 Å². The van der Waals surface area contributed by atoms with Crippen molar-refractivity contribution in [1.29, 1.82) is 0 Å². The van der Waals surface area contributed by atoms with Gasteiger partial charge in [-0.3, -0.25) is 4.79 Å². The maximum Gasteiger partial charge on any atom is 0.271 e. The van der Waals surface area contributed by atoms with Gasteiger partial charge >= 0.3 is 0 Å². The second kappa shape index (κ2) is 10.6. The molecule has 1 saturated carbocycles. The number of carbonyl (C=O) groups excluding carboxylic acids is 1. The Morgan fingerprint density at radius 1 is 1.46 bits per heavy atom. The zero-order valence-electron chi connectivity index (χ0n) is 16.3. The van der Waals surface area contributed by atoms with Gasteiger partial charge in [0.1, 0.15) is 16.6 Å². The van der Waals surface area contributed by atoms with Crippen molar-refractivity contribution >= 4 is 23.2 Å². The molecule has 7 heteroatoms. The molecule has 0 aromatic carbocycles. The Hall–Kier alpha value is -2.73. The minimum Gasteiger partial charge on any atom is -0.467 e. The van der Waals surface area contributed by atoms with Crippen molar-refractivity contribution in [3.8, 4) is 0 Å². The number of rotatable bonds is 10. The standard InChI is InChI=1S/C21H27ClN4O2/c1-4-5-7-14(2)12-25-21(27)19(26-15(3)16-9-10-16)18(22)20(23)24-13-17-8-6-11-28-17/h4-8,11,16,24H,3,9-10,12-13,23H2,1-2H3,(H,25,27)/b5-4-,14-7+,20-18-,26-19+. The molecule has 28 heavy (non-hydrogen) atoms. The molecule has 1 aromatic heterocycles. The van der Waals surface area contributed by atoms with Gasteiger partial charge < -0.3 is 20.8 Å². The summed E-state index contributed by atoms with van der Waals surface area (Å²) in [4.78, 5) is 17.1. The highest BCUT2D eigenvalue weighted by molar-refractivity contribution is 6.59. The average Bonchev–Trinajstić information content (AvgIpc) is 3.42. The van der Waals surface area contributed by atoms with Crippen LogP contribution in [-0.4, -0.2) is 18.2 Å². The van der Waals surface area contributed by atoms with E-state index in [1.807, 2.05) is 38.1 Å². The minimum atomic E-state index is -0.400. The molecule has 0 unspecified atom stereocenters. The van der Waals surface area contributed by atoms with Gasteiger partial charge in [-0.25, -0.2) is 4.99 Å². The van der Waals surface area contributed by atoms with Gasteiger partial charge in [0.15, 0.2) is 5.71 Å². The van der Waals surface area contributed by atoms with E-state index in [2.05, 4.69) is 22.2 Å². The molecular weight excluding hydrogens is 376 g/mol. The second-order valence-corrected chi connectivity index (χ2v) is 6.99. The van der Waals surface area contributed by atoms with Crippen molar-refractivity contribution < 1.29 is 9.21 Å². The molecule has 1 amide bonds. The Kier molecular flexibility index (Phi) is 8.14. The minimum absolute atomic E-state index is 0.0564. The van der Waals surface area contributed by atoms with Crippen LogP contribution in [0.25, 0.3) is 0 Å². The van der Waals surface area contributed by atoms with Crippen LogP contribution in [0.15, 0.2) is 74.7 Å². The maximum absolute atomic E-state index is 12.7. The van der Waals surface area contributed by atoms with Crippen LogP contribution in [0.2, 0.25) is 0 Å². The summed E-state index contributed by atoms with van der Waals surface area (Å²) in [5.41, 5.74) is 7.74. The van der Waals surface area contributed by atoms with Crippen molar-refractivity contribution in [2.45, 2.75) is 33.2 Å². The number of nitrogens with two attached hydrogens (primary N) is 1. The highest BCUT2D eigenvalue weighted by Gasteiger charge is 2.27. The Labute approximate surface area is 170 Å². The Morgan fingerprint density at radius 2 is 2.21 bits per heavy atom. The lowest BCUT2D eigenvalue weighted by molar-refractivity contribution is -0.114. The highest BCUT2D eigenvalue weighted by atomic mass is 35.5. The van der Waals surface area contributed by atoms with Gasteiger partial charge in [-0.05, 0) is 38.8 Å². The summed E-state index contributed by atoms with van der Waals surface area (Å²) in [5.74, 6) is 0.753. The molecule has 0 saturated heterocycles. The Bertz CT molecular complexity index is 815. The van der Waals surface area contributed by atoms with Gasteiger partial charge in [-0.1, -0.05) is 42.0 Å². The normalized spacial score (nSPS) is 16.1. The topological polar surface area (TPSA) is 92.7 Å². The zero-order valence-corrected chi connectivity index (χ0v) is 17.1. The van der Waals surface area contributed by atoms with Crippen LogP contribution in [-0.2, 0) is 11.3 Å². The van der Waals surface area contributed by atoms with Gasteiger partial charge in [-0.2, -0.15) is 0 Å². The number of hydrogen-bond acceptors (Lipinski definition) is 5. The molecule has 0 radical (unpaired) electrons. The third-order valence-corrected chi connectivity index (χ3v) is 4.48. The highest BCUT2D eigenvalue weighted by Crippen LogP contribution is 2.36. The quantitative estimate of drug-likeness (QED) is 0.410. The molecule has 1 aliphatic carbocycles. The van der Waals surface area contributed by atoms with Crippen LogP contribution >= 0.6 is 11.6 Å². The molecule has 1 fully saturated rings. The van der Waals surface area contributed by atoms with Crippen molar-refractivity contribution in [3.63, 3.8) is 0 Å². The van der Waals surface area contributed by atoms with Crippen LogP contribution in [0.5, 0.6) is 0 Å². The van der Waals surface area contributed by atoms with Crippen LogP contribution in [0.3, 0.4) is 0 Å². The van der Waals surface area contributed by atoms with E-state index in [4.69, 9.17) is 21.8 Å². The Morgan fingerprint density at radius 3 is 2.82 bits per heavy atom. The summed E-state index contributed by atoms with van der Waals surface area (Å²) < 4.78 is 5.25. The SMILES string of the molecule is C=C(/N=C(C(=O)NC/C(C)=C/C=C\C)\C(Cl)=C(/N)NCc1ccco1)C1CC1. The van der Waals surface area contributed by atoms with Crippen LogP contribution in [0.4, 0.5) is 0 Å². The Balaban J connectivity index is 2.14. The summed E-state index contributed by atoms with van der Waals surface area (Å²) in [6, 6.07) is 3.59. The summed E-state index contributed by atoms with van der Waals surface area (Å²) in [6.07, 6.45) is 9.38. The largest absolute Gasteiger partial charge is 0.467 e. The zero-order chi connectivity index (χ0) is 20.5. The number of hydrogen-bond donors (Lipinski definition) is 3. The lowest BCUT2D eigenvalue weighted by atomic mass is 10.2. The van der Waals surface area contributed by atoms with Gasteiger partial charge in [0.25, 0.3) is 5.91 Å². The smallest absolute Gasteiger partial charge is 0.271 e. The number of nitrogens with zero attached hydrogens (tertiary/aromatic N) is 1. The molecule has 1 aromatic rings. The number of furan rings is 1. The number of allylic oxidation sites excluding steroid dienone is 4. The van der Waals surface area contributed by atoms with E-state index in [0.717, 1.165) is 18.4 Å². The molecule has 0 spiro atoms. The summed E-state index contributed by atoms with van der Waals surface area (Å²) in [6.45, 7) is 8.54. The number of halogens is 1. The summed E-state index contributed by atoms with van der Waals surface area (Å²) >= 11 is 6.40. The van der Waals surface area contributed by atoms with Crippen LogP contribution in [0, 0.1) is 5.92 Å². The predicted molar refractivity (Wildman–Crippen MR) is 113 cm³/mol. The number of amides is 1. The fraction of sp³-hybridized carbons (Fsp3) is 0.333. The first-order chi connectivity index (χ1) is 13.4. The average molecular weight is 403 g/mol. The van der Waals surface area contributed by atoms with E-state index < -0.39 is 5.91 Å². The van der Waals surface area contributed by atoms with E-state index in [1.165, 1.54) is 0 Å². The maximum atomic E-state index is 12.7. The van der Waals surface area contributed by atoms with Gasteiger partial charge in [0, 0.05) is 18.2 Å². The monoisotopic (exact) mass is 402 g/mol. The number of nitrogens with one attached hydrogen (secondary N) is 2. The van der Waals surface area contributed by atoms with Crippen molar-refractivity contribution in [3.05, 3.63) is 71.1 Å². The van der Waals surface area contributed by atoms with Crippen LogP contribution < -0.4 is 16.4 Å². The van der Waals surface area contributed by atoms with Crippen LogP contribution in [0.1, 0.15) is 32.4 Å². The predicted octanol–water partition coefficient (Wildman–Crippen LogP) is 3.74. The first-order valence-electron chi connectivity index (χ1n) is 9.18. The molecule has 150 valence electrons. The molecule has 1 aliphatic rings. The van der Waals surface area contributed by atoms with E-state index in [9.17, 15) is 4.79 Å². The third kappa shape index (κ3) is 6.78. The lowest BCUT2D eigenvalue weighted by Gasteiger charge is -2.12. The van der Waals surface area contributed by atoms with Gasteiger partial charge in [-0.15, -0.1) is 0 Å². The number of carbonyl (C=O) groups is 1. The van der Waals surface area contributed by atoms with Crippen molar-refractivity contribution in [1.82, 2.24) is 10.6 Å². The van der Waals surface area contributed by atoms with Gasteiger partial charge in [0.2, 0.25) is 0 Å². The molecule has 0 atom stereocenters. The summed E-state index contributed by atoms with van der Waals surface area (Å²) in [7, 11) is 0. The van der Waals surface area contributed by atoms with Gasteiger partial charge in [0.05, 0.1) is 12.8 Å². The second-order valence-electron chi connectivity index (χ2n) is 6.61. The fourth-order valence-electron chi connectivity index (χ4n) is 2.27. The molecule has 2 rings (SSSR count). The molecule has 6 nitrogen and oxygen atoms in total. The molecule has 4 N–H and O–H groups in total. The first kappa shape index (κ1) is 21.6. The van der Waals surface area contributed by atoms with E-state index in [0.29, 0.717) is 30.5 Å². The molecule has 0 bridgehead atoms. The molecular formula is C21H27ClN4O2. The fourth-order valence-corrected chi connectivity index (χ4v) is 2.47. The third-order valence-electron chi connectivity index (χ3n) is 4.10. The molecule has 0 aliphatic heterocycles. The van der Waals surface area contributed by atoms with E-state index in [-0.39, 0.29) is 16.6 Å². The van der Waals surface area contributed by atoms with E-state index in [1.54, 1.807) is 12.3 Å². The lowest BCUT2D eigenvalue weighted by Crippen LogP contribution is -2.35.